The van der Waals surface area contributed by atoms with Crippen LogP contribution in [0, 0.1) is 0 Å². The Kier molecular flexibility index (Phi) is 2.52. The van der Waals surface area contributed by atoms with Crippen molar-refractivity contribution < 1.29 is 18.1 Å². The summed E-state index contributed by atoms with van der Waals surface area (Å²) in [7, 11) is 0. The molecule has 5 heteroatoms. The first-order chi connectivity index (χ1) is 5.29. The molecule has 0 fully saturated rings. The molecule has 1 aromatic carbocycles. The van der Waals surface area contributed by atoms with Gasteiger partial charge in [-0.05, 0) is 0 Å². The molecule has 0 bridgehead atoms. The number of carbonyl (C=O) groups is 1. The summed E-state index contributed by atoms with van der Waals surface area (Å²) in [6.45, 7) is 0. The summed E-state index contributed by atoms with van der Waals surface area (Å²) in [4.78, 5) is 10.9. The second-order valence-corrected chi connectivity index (χ2v) is 4.71. The van der Waals surface area contributed by atoms with Crippen LogP contribution in [0.15, 0.2) is 24.3 Å². The van der Waals surface area contributed by atoms with Gasteiger partial charge < -0.3 is 5.48 Å². The Morgan fingerprint density at radius 3 is 2.67 bits per heavy atom. The van der Waals surface area contributed by atoms with E-state index in [1.807, 2.05) is 0 Å². The molecule has 0 amide bonds. The van der Waals surface area contributed by atoms with Gasteiger partial charge in [-0.3, -0.25) is 0 Å². The van der Waals surface area contributed by atoms with Crippen molar-refractivity contribution >= 4 is 25.7 Å². The minimum absolute atomic E-state index is 0. The third kappa shape index (κ3) is 1.24. The van der Waals surface area contributed by atoms with Gasteiger partial charge in [0.15, 0.2) is 0 Å². The molecule has 0 aromatic heterocycles. The molecule has 1 atom stereocenters. The fraction of sp³-hybridized carbons (Fsp3) is 0. The number of benzene rings is 1. The quantitative estimate of drug-likeness (QED) is 0.564. The fourth-order valence-corrected chi connectivity index (χ4v) is 2.96. The van der Waals surface area contributed by atoms with Gasteiger partial charge in [0.1, 0.15) is 0 Å². The first-order valence-corrected chi connectivity index (χ1v) is 5.64. The van der Waals surface area contributed by atoms with E-state index in [9.17, 15) is 8.89 Å². The first-order valence-electron chi connectivity index (χ1n) is 3.09. The van der Waals surface area contributed by atoms with Crippen LogP contribution in [0.4, 0.5) is 0 Å². The van der Waals surface area contributed by atoms with Crippen LogP contribution in [-0.2, 0) is 3.73 Å². The Morgan fingerprint density at radius 2 is 2.00 bits per heavy atom. The fourth-order valence-electron chi connectivity index (χ4n) is 0.990. The number of fused-ring (bicyclic) bond motifs is 1. The van der Waals surface area contributed by atoms with Crippen LogP contribution in [0.1, 0.15) is 10.4 Å². The molecule has 0 saturated carbocycles. The average Bonchev–Trinajstić information content (AvgIpc) is 2.30. The van der Waals surface area contributed by atoms with Gasteiger partial charge in [-0.25, -0.2) is 0 Å². The van der Waals surface area contributed by atoms with Gasteiger partial charge in [-0.2, -0.15) is 0 Å². The minimum atomic E-state index is -2.42. The third-order valence-electron chi connectivity index (χ3n) is 1.50. The summed E-state index contributed by atoms with van der Waals surface area (Å²) in [5, 5.41) is 0. The van der Waals surface area contributed by atoms with E-state index in [0.29, 0.717) is 9.91 Å². The van der Waals surface area contributed by atoms with E-state index in [4.69, 9.17) is 3.73 Å². The Balaban J connectivity index is 0.000000720. The van der Waals surface area contributed by atoms with Gasteiger partial charge in [0.2, 0.25) is 0 Å². The van der Waals surface area contributed by atoms with Crippen molar-refractivity contribution in [3.8, 4) is 0 Å². The van der Waals surface area contributed by atoms with E-state index < -0.39 is 15.3 Å². The Morgan fingerprint density at radius 1 is 1.33 bits per heavy atom. The van der Waals surface area contributed by atoms with Crippen molar-refractivity contribution in [1.82, 2.24) is 0 Å². The molecule has 1 aliphatic rings. The molecule has 4 nitrogen and oxygen atoms in total. The molecule has 1 heterocycles. The predicted octanol–water partition coefficient (Wildman–Crippen LogP) is -1.28. The van der Waals surface area contributed by atoms with Gasteiger partial charge in [-0.1, -0.05) is 0 Å². The van der Waals surface area contributed by atoms with Crippen molar-refractivity contribution in [2.75, 3.05) is 0 Å². The third-order valence-corrected chi connectivity index (χ3v) is 3.89. The van der Waals surface area contributed by atoms with Gasteiger partial charge in [0.25, 0.3) is 0 Å². The van der Waals surface area contributed by atoms with Gasteiger partial charge in [0, 0.05) is 0 Å². The van der Waals surface area contributed by atoms with Crippen LogP contribution < -0.4 is 4.35 Å². The first kappa shape index (κ1) is 9.26. The van der Waals surface area contributed by atoms with Crippen LogP contribution in [0.2, 0.25) is 0 Å². The Hall–Kier alpha value is -0.832. The molecule has 0 saturated heterocycles. The molecule has 2 rings (SSSR count). The van der Waals surface area contributed by atoms with E-state index in [-0.39, 0.29) is 11.4 Å². The van der Waals surface area contributed by atoms with Crippen LogP contribution >= 0.6 is 0 Å². The van der Waals surface area contributed by atoms with E-state index in [1.54, 1.807) is 24.3 Å². The molecule has 64 valence electrons. The number of hydrogen-bond acceptors (Lipinski definition) is 3. The summed E-state index contributed by atoms with van der Waals surface area (Å²) in [5.74, 6) is -0.386. The monoisotopic (exact) mass is 230 g/mol. The van der Waals surface area contributed by atoms with Gasteiger partial charge in [-0.15, -0.1) is 0 Å². The zero-order chi connectivity index (χ0) is 7.84. The average molecular weight is 230 g/mol. The number of carbonyl (C=O) groups excluding carboxylic acids is 1. The van der Waals surface area contributed by atoms with Crippen molar-refractivity contribution in [3.63, 3.8) is 0 Å². The summed E-state index contributed by atoms with van der Waals surface area (Å²) in [5.41, 5.74) is 0.523. The van der Waals surface area contributed by atoms with Crippen molar-refractivity contribution in [2.24, 2.45) is 0 Å². The zero-order valence-corrected chi connectivity index (χ0v) is 7.90. The van der Waals surface area contributed by atoms with Gasteiger partial charge in [0.05, 0.1) is 0 Å². The molecular formula is C7H7AsO4. The molecule has 1 aromatic rings. The molecule has 12 heavy (non-hydrogen) atoms. The standard InChI is InChI=1S/C7H5AsO3.H2O/c9-7-5-3-1-2-4-6(5)8(10)11-7;/h1-4,10H;1H2. The maximum absolute atomic E-state index is 10.9. The Labute approximate surface area is 74.1 Å². The van der Waals surface area contributed by atoms with Crippen molar-refractivity contribution in [1.29, 1.82) is 0 Å². The van der Waals surface area contributed by atoms with E-state index in [2.05, 4.69) is 0 Å². The SMILES string of the molecule is O.O=C1O[As](O)c2ccccc21. The van der Waals surface area contributed by atoms with Crippen molar-refractivity contribution in [2.45, 2.75) is 0 Å². The van der Waals surface area contributed by atoms with E-state index >= 15 is 0 Å². The molecule has 1 aliphatic heterocycles. The molecular weight excluding hydrogens is 223 g/mol. The van der Waals surface area contributed by atoms with Crippen molar-refractivity contribution in [3.05, 3.63) is 29.8 Å². The molecule has 0 aliphatic carbocycles. The molecule has 3 N–H and O–H groups in total. The summed E-state index contributed by atoms with van der Waals surface area (Å²) >= 11 is -2.42. The van der Waals surface area contributed by atoms with Gasteiger partial charge >= 0.3 is 68.1 Å². The van der Waals surface area contributed by atoms with E-state index in [0.717, 1.165) is 0 Å². The summed E-state index contributed by atoms with van der Waals surface area (Å²) in [6.07, 6.45) is 0. The normalized spacial score (nSPS) is 19.4. The zero-order valence-electron chi connectivity index (χ0n) is 6.02. The second kappa shape index (κ2) is 3.27. The summed E-state index contributed by atoms with van der Waals surface area (Å²) in [6, 6.07) is 6.95. The predicted molar refractivity (Wildman–Crippen MR) is 43.1 cm³/mol. The Bertz CT molecular complexity index is 312. The topological polar surface area (TPSA) is 78.0 Å². The van der Waals surface area contributed by atoms with Crippen LogP contribution in [0.25, 0.3) is 0 Å². The molecule has 0 radical (unpaired) electrons. The van der Waals surface area contributed by atoms with Crippen LogP contribution in [0.5, 0.6) is 0 Å². The van der Waals surface area contributed by atoms with Crippen LogP contribution in [-0.4, -0.2) is 30.9 Å². The molecule has 0 spiro atoms. The second-order valence-electron chi connectivity index (χ2n) is 2.17. The van der Waals surface area contributed by atoms with E-state index in [1.165, 1.54) is 0 Å². The number of hydrogen-bond donors (Lipinski definition) is 1. The maximum atomic E-state index is 10.9. The van der Waals surface area contributed by atoms with Crippen LogP contribution in [0.3, 0.4) is 0 Å². The summed E-state index contributed by atoms with van der Waals surface area (Å²) < 4.78 is 14.6. The molecule has 1 unspecified atom stereocenters. The number of rotatable bonds is 0.